The van der Waals surface area contributed by atoms with Gasteiger partial charge in [0.25, 0.3) is 21.8 Å². The van der Waals surface area contributed by atoms with Gasteiger partial charge in [0.2, 0.25) is 0 Å². The number of amides is 2. The maximum Gasteiger partial charge on any atom is 0.280 e. The molecule has 0 N–H and O–H groups in total. The summed E-state index contributed by atoms with van der Waals surface area (Å²) >= 11 is 1.05. The van der Waals surface area contributed by atoms with E-state index in [0.29, 0.717) is 10.6 Å². The molecule has 3 aromatic rings. The predicted molar refractivity (Wildman–Crippen MR) is 109 cm³/mol. The highest BCUT2D eigenvalue weighted by Gasteiger charge is 2.37. The van der Waals surface area contributed by atoms with E-state index in [1.165, 1.54) is 16.6 Å². The summed E-state index contributed by atoms with van der Waals surface area (Å²) in [5.74, 6) is -0.891. The highest BCUT2D eigenvalue weighted by atomic mass is 32.2. The van der Waals surface area contributed by atoms with Gasteiger partial charge in [0.15, 0.2) is 0 Å². The number of carbonyl (C=O) groups excluding carboxylic acids is 2. The van der Waals surface area contributed by atoms with Crippen LogP contribution in [0.2, 0.25) is 0 Å². The SMILES string of the molecule is CCN(c1ccccc1)S(=O)(=O)c1ccc(CN2C(=O)c3cccnc3C2=O)s1. The molecule has 0 atom stereocenters. The number of fused-ring (bicyclic) bond motifs is 1. The Morgan fingerprint density at radius 2 is 1.76 bits per heavy atom. The van der Waals surface area contributed by atoms with Crippen LogP contribution >= 0.6 is 11.3 Å². The molecule has 4 rings (SSSR count). The molecule has 148 valence electrons. The molecule has 1 aliphatic heterocycles. The van der Waals surface area contributed by atoms with E-state index in [9.17, 15) is 18.0 Å². The second kappa shape index (κ2) is 7.41. The van der Waals surface area contributed by atoms with Crippen molar-refractivity contribution in [3.63, 3.8) is 0 Å². The number of benzene rings is 1. The van der Waals surface area contributed by atoms with E-state index < -0.39 is 21.8 Å². The Hall–Kier alpha value is -3.04. The Labute approximate surface area is 172 Å². The number of sulfonamides is 1. The fraction of sp³-hybridized carbons (Fsp3) is 0.150. The van der Waals surface area contributed by atoms with Gasteiger partial charge < -0.3 is 0 Å². The zero-order chi connectivity index (χ0) is 20.6. The number of hydrogen-bond acceptors (Lipinski definition) is 6. The van der Waals surface area contributed by atoms with Gasteiger partial charge in [0.05, 0.1) is 17.8 Å². The molecule has 2 aromatic heterocycles. The van der Waals surface area contributed by atoms with Crippen molar-refractivity contribution in [2.24, 2.45) is 0 Å². The number of hydrogen-bond donors (Lipinski definition) is 0. The van der Waals surface area contributed by atoms with Crippen LogP contribution in [0.15, 0.2) is 65.0 Å². The molecule has 0 aliphatic carbocycles. The summed E-state index contributed by atoms with van der Waals surface area (Å²) in [5, 5.41) is 0. The third-order valence-corrected chi connectivity index (χ3v) is 8.00. The first-order valence-corrected chi connectivity index (χ1v) is 11.2. The largest absolute Gasteiger partial charge is 0.280 e. The minimum atomic E-state index is -3.75. The zero-order valence-corrected chi connectivity index (χ0v) is 17.1. The first kappa shape index (κ1) is 19.3. The van der Waals surface area contributed by atoms with E-state index in [2.05, 4.69) is 4.98 Å². The molecule has 0 saturated heterocycles. The molecular weight excluding hydrogens is 410 g/mol. The lowest BCUT2D eigenvalue weighted by molar-refractivity contribution is 0.0642. The van der Waals surface area contributed by atoms with Gasteiger partial charge in [-0.05, 0) is 43.3 Å². The molecule has 0 saturated carbocycles. The lowest BCUT2D eigenvalue weighted by atomic mass is 10.2. The number of aromatic nitrogens is 1. The first-order valence-electron chi connectivity index (χ1n) is 8.91. The molecule has 0 fully saturated rings. The van der Waals surface area contributed by atoms with Crippen LogP contribution in [0.1, 0.15) is 32.6 Å². The van der Waals surface area contributed by atoms with Crippen LogP contribution in [0, 0.1) is 0 Å². The summed E-state index contributed by atoms with van der Waals surface area (Å²) in [6.07, 6.45) is 1.46. The predicted octanol–water partition coefficient (Wildman–Crippen LogP) is 3.15. The maximum absolute atomic E-state index is 13.1. The van der Waals surface area contributed by atoms with Crippen molar-refractivity contribution in [1.82, 2.24) is 9.88 Å². The second-order valence-corrected chi connectivity index (χ2v) is 9.58. The number of carbonyl (C=O) groups is 2. The van der Waals surface area contributed by atoms with Crippen molar-refractivity contribution in [3.05, 3.63) is 76.9 Å². The molecule has 1 aliphatic rings. The Morgan fingerprint density at radius 3 is 2.45 bits per heavy atom. The molecule has 3 heterocycles. The molecule has 7 nitrogen and oxygen atoms in total. The Morgan fingerprint density at radius 1 is 1.00 bits per heavy atom. The average molecular weight is 428 g/mol. The molecule has 0 bridgehead atoms. The topological polar surface area (TPSA) is 87.7 Å². The monoisotopic (exact) mass is 427 g/mol. The van der Waals surface area contributed by atoms with Gasteiger partial charge in [-0.1, -0.05) is 18.2 Å². The van der Waals surface area contributed by atoms with E-state index >= 15 is 0 Å². The number of pyridine rings is 1. The highest BCUT2D eigenvalue weighted by Crippen LogP contribution is 2.30. The summed E-state index contributed by atoms with van der Waals surface area (Å²) in [4.78, 5) is 30.6. The molecule has 0 spiro atoms. The van der Waals surface area contributed by atoms with Crippen LogP contribution in [-0.4, -0.2) is 36.7 Å². The quantitative estimate of drug-likeness (QED) is 0.564. The third kappa shape index (κ3) is 3.32. The fourth-order valence-electron chi connectivity index (χ4n) is 3.19. The van der Waals surface area contributed by atoms with E-state index in [1.54, 1.807) is 49.4 Å². The van der Waals surface area contributed by atoms with Crippen LogP contribution in [0.3, 0.4) is 0 Å². The Kier molecular flexibility index (Phi) is 4.93. The number of nitrogens with zero attached hydrogens (tertiary/aromatic N) is 3. The molecule has 1 aromatic carbocycles. The first-order chi connectivity index (χ1) is 13.9. The van der Waals surface area contributed by atoms with E-state index in [0.717, 1.165) is 16.2 Å². The molecular formula is C20H17N3O4S2. The average Bonchev–Trinajstić information content (AvgIpc) is 3.30. The second-order valence-electron chi connectivity index (χ2n) is 6.32. The van der Waals surface area contributed by atoms with Crippen LogP contribution in [0.5, 0.6) is 0 Å². The lowest BCUT2D eigenvalue weighted by Crippen LogP contribution is -2.30. The number of anilines is 1. The van der Waals surface area contributed by atoms with Crippen molar-refractivity contribution in [1.29, 1.82) is 0 Å². The van der Waals surface area contributed by atoms with Gasteiger partial charge in [0, 0.05) is 17.6 Å². The summed E-state index contributed by atoms with van der Waals surface area (Å²) in [6.45, 7) is 2.06. The Balaban J connectivity index is 1.59. The van der Waals surface area contributed by atoms with Gasteiger partial charge in [-0.2, -0.15) is 0 Å². The van der Waals surface area contributed by atoms with Crippen molar-refractivity contribution in [2.75, 3.05) is 10.8 Å². The molecule has 2 amide bonds. The summed E-state index contributed by atoms with van der Waals surface area (Å²) < 4.78 is 27.7. The number of imide groups is 1. The zero-order valence-electron chi connectivity index (χ0n) is 15.5. The van der Waals surface area contributed by atoms with Gasteiger partial charge in [0.1, 0.15) is 9.90 Å². The van der Waals surface area contributed by atoms with Crippen LogP contribution < -0.4 is 4.31 Å². The van der Waals surface area contributed by atoms with E-state index in [-0.39, 0.29) is 28.6 Å². The maximum atomic E-state index is 13.1. The van der Waals surface area contributed by atoms with Crippen molar-refractivity contribution >= 4 is 38.9 Å². The molecule has 0 radical (unpaired) electrons. The molecule has 9 heteroatoms. The normalized spacial score (nSPS) is 13.6. The van der Waals surface area contributed by atoms with Gasteiger partial charge >= 0.3 is 0 Å². The molecule has 29 heavy (non-hydrogen) atoms. The molecule has 0 unspecified atom stereocenters. The summed E-state index contributed by atoms with van der Waals surface area (Å²) in [7, 11) is -3.75. The smallest absolute Gasteiger partial charge is 0.268 e. The van der Waals surface area contributed by atoms with E-state index in [1.807, 2.05) is 6.07 Å². The highest BCUT2D eigenvalue weighted by molar-refractivity contribution is 7.94. The fourth-order valence-corrected chi connectivity index (χ4v) is 6.12. The third-order valence-electron chi connectivity index (χ3n) is 4.56. The lowest BCUT2D eigenvalue weighted by Gasteiger charge is -2.21. The Bertz CT molecular complexity index is 1150. The summed E-state index contributed by atoms with van der Waals surface area (Å²) in [6, 6.07) is 15.2. The van der Waals surface area contributed by atoms with Crippen LogP contribution in [0.25, 0.3) is 0 Å². The summed E-state index contributed by atoms with van der Waals surface area (Å²) in [5.41, 5.74) is 0.975. The van der Waals surface area contributed by atoms with Crippen LogP contribution in [-0.2, 0) is 16.6 Å². The van der Waals surface area contributed by atoms with Gasteiger partial charge in [-0.15, -0.1) is 11.3 Å². The minimum Gasteiger partial charge on any atom is -0.268 e. The van der Waals surface area contributed by atoms with Crippen molar-refractivity contribution in [3.8, 4) is 0 Å². The van der Waals surface area contributed by atoms with Crippen LogP contribution in [0.4, 0.5) is 5.69 Å². The van der Waals surface area contributed by atoms with Gasteiger partial charge in [-0.25, -0.2) is 8.42 Å². The standard InChI is InChI=1S/C20H17N3O4S2/c1-2-23(14-7-4-3-5-8-14)29(26,27)17-11-10-15(28-17)13-22-19(24)16-9-6-12-21-18(16)20(22)25/h3-12H,2,13H2,1H3. The minimum absolute atomic E-state index is 0.00563. The van der Waals surface area contributed by atoms with Gasteiger partial charge in [-0.3, -0.25) is 23.8 Å². The van der Waals surface area contributed by atoms with E-state index in [4.69, 9.17) is 0 Å². The number of rotatable bonds is 6. The number of thiophene rings is 1. The van der Waals surface area contributed by atoms with Crippen molar-refractivity contribution in [2.45, 2.75) is 17.7 Å². The number of para-hydroxylation sites is 1. The van der Waals surface area contributed by atoms with Crippen molar-refractivity contribution < 1.29 is 18.0 Å².